The Morgan fingerprint density at radius 3 is 2.39 bits per heavy atom. The molecule has 3 aromatic rings. The standard InChI is InChI=1S/C20H15BrN4O3/c1-12-7-15(21)8-13(2)20(12)28-18-9-19(23-11-17(18)25(26)27)24-16-5-3-14(10-22)4-6-16/h3-9,11H,1-2H3,(H,23,24). The maximum absolute atomic E-state index is 11.4. The number of hydrogen-bond donors (Lipinski definition) is 1. The van der Waals surface area contributed by atoms with Gasteiger partial charge in [0.25, 0.3) is 0 Å². The van der Waals surface area contributed by atoms with Gasteiger partial charge in [0.2, 0.25) is 5.75 Å². The van der Waals surface area contributed by atoms with E-state index in [0.29, 0.717) is 22.8 Å². The summed E-state index contributed by atoms with van der Waals surface area (Å²) in [5, 5.41) is 23.3. The van der Waals surface area contributed by atoms with Crippen LogP contribution in [0.2, 0.25) is 0 Å². The van der Waals surface area contributed by atoms with Crippen LogP contribution in [-0.2, 0) is 0 Å². The molecule has 0 aliphatic heterocycles. The van der Waals surface area contributed by atoms with Crippen LogP contribution < -0.4 is 10.1 Å². The van der Waals surface area contributed by atoms with Gasteiger partial charge in [-0.3, -0.25) is 10.1 Å². The molecule has 1 aromatic heterocycles. The lowest BCUT2D eigenvalue weighted by Gasteiger charge is -2.13. The molecule has 0 spiro atoms. The smallest absolute Gasteiger partial charge is 0.329 e. The predicted molar refractivity (Wildman–Crippen MR) is 109 cm³/mol. The first kappa shape index (κ1) is 19.3. The van der Waals surface area contributed by atoms with Gasteiger partial charge in [0, 0.05) is 16.2 Å². The van der Waals surface area contributed by atoms with Gasteiger partial charge in [-0.2, -0.15) is 5.26 Å². The lowest BCUT2D eigenvalue weighted by Crippen LogP contribution is -2.00. The molecule has 7 nitrogen and oxygen atoms in total. The van der Waals surface area contributed by atoms with Gasteiger partial charge in [-0.1, -0.05) is 15.9 Å². The summed E-state index contributed by atoms with van der Waals surface area (Å²) in [7, 11) is 0. The van der Waals surface area contributed by atoms with Gasteiger partial charge < -0.3 is 10.1 Å². The van der Waals surface area contributed by atoms with E-state index in [2.05, 4.69) is 26.2 Å². The maximum atomic E-state index is 11.4. The number of hydrogen-bond acceptors (Lipinski definition) is 6. The van der Waals surface area contributed by atoms with Crippen molar-refractivity contribution in [3.8, 4) is 17.6 Å². The molecule has 0 unspecified atom stereocenters. The molecule has 0 saturated heterocycles. The number of nitrogens with zero attached hydrogens (tertiary/aromatic N) is 3. The minimum absolute atomic E-state index is 0.0877. The second-order valence-corrected chi connectivity index (χ2v) is 6.99. The van der Waals surface area contributed by atoms with Gasteiger partial charge in [-0.15, -0.1) is 0 Å². The number of rotatable bonds is 5. The van der Waals surface area contributed by atoms with E-state index in [4.69, 9.17) is 10.00 Å². The van der Waals surface area contributed by atoms with E-state index in [1.54, 1.807) is 24.3 Å². The first-order chi connectivity index (χ1) is 13.4. The highest BCUT2D eigenvalue weighted by molar-refractivity contribution is 9.10. The molecule has 0 radical (unpaired) electrons. The van der Waals surface area contributed by atoms with Crippen molar-refractivity contribution in [1.82, 2.24) is 4.98 Å². The Kier molecular flexibility index (Phi) is 5.57. The van der Waals surface area contributed by atoms with Crippen LogP contribution in [0.4, 0.5) is 17.2 Å². The fourth-order valence-corrected chi connectivity index (χ4v) is 3.35. The van der Waals surface area contributed by atoms with Gasteiger partial charge in [0.05, 0.1) is 16.6 Å². The molecule has 8 heteroatoms. The number of aryl methyl sites for hydroxylation is 2. The lowest BCUT2D eigenvalue weighted by atomic mass is 10.1. The van der Waals surface area contributed by atoms with E-state index in [0.717, 1.165) is 21.8 Å². The summed E-state index contributed by atoms with van der Waals surface area (Å²) in [4.78, 5) is 15.0. The fourth-order valence-electron chi connectivity index (χ4n) is 2.66. The summed E-state index contributed by atoms with van der Waals surface area (Å²) >= 11 is 3.43. The van der Waals surface area contributed by atoms with Crippen LogP contribution in [0.5, 0.6) is 11.5 Å². The molecule has 0 aliphatic carbocycles. The number of halogens is 1. The van der Waals surface area contributed by atoms with Crippen molar-refractivity contribution in [3.05, 3.63) is 79.9 Å². The van der Waals surface area contributed by atoms with Gasteiger partial charge in [0.1, 0.15) is 17.8 Å². The van der Waals surface area contributed by atoms with Crippen molar-refractivity contribution in [2.75, 3.05) is 5.32 Å². The topological polar surface area (TPSA) is 101 Å². The highest BCUT2D eigenvalue weighted by atomic mass is 79.9. The third-order valence-corrected chi connectivity index (χ3v) is 4.42. The molecular formula is C20H15BrN4O3. The van der Waals surface area contributed by atoms with Gasteiger partial charge >= 0.3 is 5.69 Å². The quantitative estimate of drug-likeness (QED) is 0.400. The monoisotopic (exact) mass is 438 g/mol. The largest absolute Gasteiger partial charge is 0.449 e. The zero-order valence-corrected chi connectivity index (χ0v) is 16.6. The Morgan fingerprint density at radius 2 is 1.82 bits per heavy atom. The molecule has 0 amide bonds. The first-order valence-electron chi connectivity index (χ1n) is 8.23. The first-order valence-corrected chi connectivity index (χ1v) is 9.03. The molecule has 0 atom stereocenters. The minimum Gasteiger partial charge on any atom is -0.449 e. The van der Waals surface area contributed by atoms with E-state index in [9.17, 15) is 10.1 Å². The van der Waals surface area contributed by atoms with Crippen LogP contribution in [0.25, 0.3) is 0 Å². The molecule has 0 aliphatic rings. The van der Waals surface area contributed by atoms with E-state index in [-0.39, 0.29) is 11.4 Å². The van der Waals surface area contributed by atoms with Crippen molar-refractivity contribution in [3.63, 3.8) is 0 Å². The molecule has 140 valence electrons. The zero-order chi connectivity index (χ0) is 20.3. The highest BCUT2D eigenvalue weighted by Gasteiger charge is 2.19. The molecule has 1 heterocycles. The summed E-state index contributed by atoms with van der Waals surface area (Å²) in [5.74, 6) is 1.03. The number of nitrogens with one attached hydrogen (secondary N) is 1. The SMILES string of the molecule is Cc1cc(Br)cc(C)c1Oc1cc(Nc2ccc(C#N)cc2)ncc1[N+](=O)[O-]. The van der Waals surface area contributed by atoms with E-state index >= 15 is 0 Å². The van der Waals surface area contributed by atoms with Gasteiger partial charge in [-0.05, 0) is 61.4 Å². The Bertz CT molecular complexity index is 1070. The van der Waals surface area contributed by atoms with Crippen molar-refractivity contribution in [2.45, 2.75) is 13.8 Å². The lowest BCUT2D eigenvalue weighted by molar-refractivity contribution is -0.385. The van der Waals surface area contributed by atoms with Crippen LogP contribution in [-0.4, -0.2) is 9.91 Å². The molecule has 1 N–H and O–H groups in total. The van der Waals surface area contributed by atoms with Crippen molar-refractivity contribution < 1.29 is 9.66 Å². The summed E-state index contributed by atoms with van der Waals surface area (Å²) < 4.78 is 6.82. The van der Waals surface area contributed by atoms with Crippen molar-refractivity contribution >= 4 is 33.1 Å². The number of nitro groups is 1. The van der Waals surface area contributed by atoms with Crippen LogP contribution in [0.3, 0.4) is 0 Å². The number of pyridine rings is 1. The third kappa shape index (κ3) is 4.27. The fraction of sp³-hybridized carbons (Fsp3) is 0.100. The summed E-state index contributed by atoms with van der Waals surface area (Å²) in [6.45, 7) is 3.74. The Balaban J connectivity index is 1.96. The summed E-state index contributed by atoms with van der Waals surface area (Å²) in [6, 6.07) is 14.1. The van der Waals surface area contributed by atoms with Crippen LogP contribution in [0.1, 0.15) is 16.7 Å². The summed E-state index contributed by atoms with van der Waals surface area (Å²) in [6.07, 6.45) is 1.16. The minimum atomic E-state index is -0.530. The average Bonchev–Trinajstić information content (AvgIpc) is 2.65. The molecule has 3 rings (SSSR count). The molecule has 2 aromatic carbocycles. The molecule has 0 saturated carbocycles. The second-order valence-electron chi connectivity index (χ2n) is 6.08. The highest BCUT2D eigenvalue weighted by Crippen LogP contribution is 2.37. The second kappa shape index (κ2) is 8.06. The van der Waals surface area contributed by atoms with Crippen molar-refractivity contribution in [1.29, 1.82) is 5.26 Å². The molecular weight excluding hydrogens is 424 g/mol. The number of anilines is 2. The van der Waals surface area contributed by atoms with Crippen LogP contribution in [0, 0.1) is 35.3 Å². The zero-order valence-electron chi connectivity index (χ0n) is 15.1. The van der Waals surface area contributed by atoms with Crippen LogP contribution in [0.15, 0.2) is 53.1 Å². The van der Waals surface area contributed by atoms with E-state index in [1.165, 1.54) is 6.07 Å². The number of aromatic nitrogens is 1. The maximum Gasteiger partial charge on any atom is 0.329 e. The number of nitriles is 1. The van der Waals surface area contributed by atoms with Crippen molar-refractivity contribution in [2.24, 2.45) is 0 Å². The Hall–Kier alpha value is -3.44. The van der Waals surface area contributed by atoms with E-state index < -0.39 is 4.92 Å². The number of ether oxygens (including phenoxy) is 1. The van der Waals surface area contributed by atoms with E-state index in [1.807, 2.05) is 32.0 Å². The predicted octanol–water partition coefficient (Wildman–Crippen LogP) is 5.78. The normalized spacial score (nSPS) is 10.2. The van der Waals surface area contributed by atoms with Gasteiger partial charge in [-0.25, -0.2) is 4.98 Å². The molecule has 0 bridgehead atoms. The summed E-state index contributed by atoms with van der Waals surface area (Å²) in [5.41, 5.74) is 2.70. The Morgan fingerprint density at radius 1 is 1.18 bits per heavy atom. The van der Waals surface area contributed by atoms with Crippen LogP contribution >= 0.6 is 15.9 Å². The average molecular weight is 439 g/mol. The molecule has 28 heavy (non-hydrogen) atoms. The Labute approximate surface area is 169 Å². The molecule has 0 fully saturated rings. The van der Waals surface area contributed by atoms with Gasteiger partial charge in [0.15, 0.2) is 0 Å². The number of benzene rings is 2. The third-order valence-electron chi connectivity index (χ3n) is 3.97.